The van der Waals surface area contributed by atoms with Crippen LogP contribution >= 0.6 is 0 Å². The van der Waals surface area contributed by atoms with E-state index in [9.17, 15) is 0 Å². The number of para-hydroxylation sites is 1. The third-order valence-corrected chi connectivity index (χ3v) is 4.44. The molecule has 0 radical (unpaired) electrons. The van der Waals surface area contributed by atoms with Crippen molar-refractivity contribution in [2.45, 2.75) is 12.8 Å². The third-order valence-electron chi connectivity index (χ3n) is 4.44. The first-order chi connectivity index (χ1) is 12.4. The molecule has 0 N–H and O–H groups in total. The summed E-state index contributed by atoms with van der Waals surface area (Å²) in [5, 5.41) is 4.10. The molecule has 1 aliphatic rings. The lowest BCUT2D eigenvalue weighted by molar-refractivity contribution is 0.238. The van der Waals surface area contributed by atoms with Crippen molar-refractivity contribution in [1.82, 2.24) is 15.0 Å². The lowest BCUT2D eigenvalue weighted by Crippen LogP contribution is -2.25. The van der Waals surface area contributed by atoms with Gasteiger partial charge >= 0.3 is 0 Å². The van der Waals surface area contributed by atoms with E-state index in [-0.39, 0.29) is 0 Å². The van der Waals surface area contributed by atoms with E-state index in [2.05, 4.69) is 15.0 Å². The summed E-state index contributed by atoms with van der Waals surface area (Å²) in [5.41, 5.74) is 1.77. The number of aromatic nitrogens is 2. The fourth-order valence-electron chi connectivity index (χ4n) is 3.10. The molecule has 5 heteroatoms. The van der Waals surface area contributed by atoms with Crippen molar-refractivity contribution >= 4 is 0 Å². The summed E-state index contributed by atoms with van der Waals surface area (Å²) in [5.74, 6) is 1.85. The molecule has 5 nitrogen and oxygen atoms in total. The summed E-state index contributed by atoms with van der Waals surface area (Å²) in [7, 11) is 0. The molecule has 3 aromatic rings. The molecular formula is C20H21N3O2. The maximum atomic E-state index is 6.00. The second-order valence-electron chi connectivity index (χ2n) is 6.18. The summed E-state index contributed by atoms with van der Waals surface area (Å²) in [6, 6.07) is 17.6. The van der Waals surface area contributed by atoms with Crippen LogP contribution < -0.4 is 4.74 Å². The van der Waals surface area contributed by atoms with Gasteiger partial charge in [-0.3, -0.25) is 4.90 Å². The first kappa shape index (κ1) is 15.8. The molecular weight excluding hydrogens is 314 g/mol. The minimum Gasteiger partial charge on any atom is -0.491 e. The van der Waals surface area contributed by atoms with Crippen LogP contribution in [0.15, 0.2) is 59.1 Å². The van der Waals surface area contributed by atoms with Gasteiger partial charge in [0.1, 0.15) is 12.4 Å². The van der Waals surface area contributed by atoms with Crippen LogP contribution in [0.25, 0.3) is 22.8 Å². The molecule has 0 amide bonds. The molecule has 0 bridgehead atoms. The maximum absolute atomic E-state index is 6.00. The second kappa shape index (κ2) is 7.49. The highest BCUT2D eigenvalue weighted by Gasteiger charge is 2.16. The Morgan fingerprint density at radius 3 is 2.56 bits per heavy atom. The van der Waals surface area contributed by atoms with Crippen LogP contribution in [0.3, 0.4) is 0 Å². The molecule has 4 rings (SSSR count). The summed E-state index contributed by atoms with van der Waals surface area (Å²) in [6.07, 6.45) is 2.58. The lowest BCUT2D eigenvalue weighted by Gasteiger charge is -2.15. The fourth-order valence-corrected chi connectivity index (χ4v) is 3.10. The Balaban J connectivity index is 1.49. The molecule has 1 aromatic heterocycles. The SMILES string of the molecule is c1ccc(-c2noc(-c3ccccc3OCCN3CCCC3)n2)cc1. The predicted octanol–water partition coefficient (Wildman–Crippen LogP) is 3.88. The Bertz CT molecular complexity index is 811. The van der Waals surface area contributed by atoms with Crippen molar-refractivity contribution in [2.24, 2.45) is 0 Å². The van der Waals surface area contributed by atoms with E-state index in [1.165, 1.54) is 25.9 Å². The van der Waals surface area contributed by atoms with Gasteiger partial charge in [-0.1, -0.05) is 47.6 Å². The van der Waals surface area contributed by atoms with Crippen LogP contribution in [-0.2, 0) is 0 Å². The number of nitrogens with zero attached hydrogens (tertiary/aromatic N) is 3. The molecule has 0 spiro atoms. The van der Waals surface area contributed by atoms with Crippen molar-refractivity contribution in [3.63, 3.8) is 0 Å². The number of benzene rings is 2. The Kier molecular flexibility index (Phi) is 4.74. The van der Waals surface area contributed by atoms with E-state index >= 15 is 0 Å². The largest absolute Gasteiger partial charge is 0.491 e. The molecule has 0 unspecified atom stereocenters. The molecule has 0 atom stereocenters. The van der Waals surface area contributed by atoms with Gasteiger partial charge < -0.3 is 9.26 Å². The average Bonchev–Trinajstić information content (AvgIpc) is 3.35. The van der Waals surface area contributed by atoms with Crippen molar-refractivity contribution in [2.75, 3.05) is 26.2 Å². The maximum Gasteiger partial charge on any atom is 0.262 e. The Morgan fingerprint density at radius 1 is 0.960 bits per heavy atom. The topological polar surface area (TPSA) is 51.4 Å². The van der Waals surface area contributed by atoms with Crippen molar-refractivity contribution in [3.8, 4) is 28.6 Å². The first-order valence-electron chi connectivity index (χ1n) is 8.74. The molecule has 0 saturated carbocycles. The molecule has 128 valence electrons. The Hall–Kier alpha value is -2.66. The van der Waals surface area contributed by atoms with E-state index in [1.807, 2.05) is 54.6 Å². The quantitative estimate of drug-likeness (QED) is 0.684. The van der Waals surface area contributed by atoms with E-state index in [4.69, 9.17) is 9.26 Å². The summed E-state index contributed by atoms with van der Waals surface area (Å²) in [4.78, 5) is 6.96. The van der Waals surface area contributed by atoms with Crippen molar-refractivity contribution < 1.29 is 9.26 Å². The summed E-state index contributed by atoms with van der Waals surface area (Å²) < 4.78 is 11.5. The van der Waals surface area contributed by atoms with Crippen LogP contribution in [0.4, 0.5) is 0 Å². The molecule has 1 fully saturated rings. The van der Waals surface area contributed by atoms with Gasteiger partial charge in [0.25, 0.3) is 5.89 Å². The Morgan fingerprint density at radius 2 is 1.72 bits per heavy atom. The van der Waals surface area contributed by atoms with Gasteiger partial charge in [0.15, 0.2) is 0 Å². The fraction of sp³-hybridized carbons (Fsp3) is 0.300. The average molecular weight is 335 g/mol. The highest BCUT2D eigenvalue weighted by Crippen LogP contribution is 2.30. The van der Waals surface area contributed by atoms with Gasteiger partial charge in [-0.15, -0.1) is 0 Å². The molecule has 0 aliphatic carbocycles. The molecule has 25 heavy (non-hydrogen) atoms. The van der Waals surface area contributed by atoms with Crippen LogP contribution in [0.5, 0.6) is 5.75 Å². The first-order valence-corrected chi connectivity index (χ1v) is 8.74. The summed E-state index contributed by atoms with van der Waals surface area (Å²) >= 11 is 0. The van der Waals surface area contributed by atoms with Crippen molar-refractivity contribution in [3.05, 3.63) is 54.6 Å². The number of likely N-dealkylation sites (tertiary alicyclic amines) is 1. The van der Waals surface area contributed by atoms with Gasteiger partial charge in [-0.2, -0.15) is 4.98 Å². The smallest absolute Gasteiger partial charge is 0.262 e. The minimum absolute atomic E-state index is 0.482. The van der Waals surface area contributed by atoms with Crippen LogP contribution in [0, 0.1) is 0 Å². The van der Waals surface area contributed by atoms with Gasteiger partial charge in [0.2, 0.25) is 5.82 Å². The zero-order valence-corrected chi connectivity index (χ0v) is 14.1. The van der Waals surface area contributed by atoms with Crippen LogP contribution in [0.1, 0.15) is 12.8 Å². The van der Waals surface area contributed by atoms with Gasteiger partial charge in [-0.05, 0) is 38.1 Å². The highest BCUT2D eigenvalue weighted by molar-refractivity contribution is 5.65. The zero-order chi connectivity index (χ0) is 16.9. The van der Waals surface area contributed by atoms with Gasteiger partial charge in [-0.25, -0.2) is 0 Å². The monoisotopic (exact) mass is 335 g/mol. The lowest BCUT2D eigenvalue weighted by atomic mass is 10.2. The zero-order valence-electron chi connectivity index (χ0n) is 14.1. The second-order valence-corrected chi connectivity index (χ2v) is 6.18. The molecule has 1 aliphatic heterocycles. The standard InChI is InChI=1S/C20H21N3O2/c1-2-8-16(9-3-1)19-21-20(25-22-19)17-10-4-5-11-18(17)24-15-14-23-12-6-7-13-23/h1-5,8-11H,6-7,12-15H2. The third kappa shape index (κ3) is 3.72. The predicted molar refractivity (Wildman–Crippen MR) is 96.3 cm³/mol. The van der Waals surface area contributed by atoms with Crippen LogP contribution in [-0.4, -0.2) is 41.3 Å². The summed E-state index contributed by atoms with van der Waals surface area (Å²) in [6.45, 7) is 3.97. The molecule has 2 heterocycles. The van der Waals surface area contributed by atoms with E-state index in [0.29, 0.717) is 18.3 Å². The van der Waals surface area contributed by atoms with Gasteiger partial charge in [0, 0.05) is 12.1 Å². The highest BCUT2D eigenvalue weighted by atomic mass is 16.5. The number of hydrogen-bond acceptors (Lipinski definition) is 5. The number of hydrogen-bond donors (Lipinski definition) is 0. The normalized spacial score (nSPS) is 14.7. The van der Waals surface area contributed by atoms with E-state index in [1.54, 1.807) is 0 Å². The Labute approximate surface area is 147 Å². The van der Waals surface area contributed by atoms with E-state index in [0.717, 1.165) is 23.4 Å². The number of rotatable bonds is 6. The number of ether oxygens (including phenoxy) is 1. The van der Waals surface area contributed by atoms with E-state index < -0.39 is 0 Å². The molecule has 2 aromatic carbocycles. The minimum atomic E-state index is 0.482. The van der Waals surface area contributed by atoms with Crippen LogP contribution in [0.2, 0.25) is 0 Å². The van der Waals surface area contributed by atoms with Gasteiger partial charge in [0.05, 0.1) is 5.56 Å². The van der Waals surface area contributed by atoms with Crippen molar-refractivity contribution in [1.29, 1.82) is 0 Å². The molecule has 1 saturated heterocycles.